The molecule has 2 aromatic carbocycles. The first kappa shape index (κ1) is 26.4. The average Bonchev–Trinajstić information content (AvgIpc) is 3.69. The predicted molar refractivity (Wildman–Crippen MR) is 147 cm³/mol. The Labute approximate surface area is 234 Å². The SMILES string of the molecule is O=C(O)c1cnn(-c2cccc(-c3cc(Cl)ccc3-c3ccc(N4CCC(C5CC5)CC4)cc3)n2)c1C(F)(F)F. The normalized spacial score (nSPS) is 16.4. The number of hydrogen-bond acceptors (Lipinski definition) is 4. The lowest BCUT2D eigenvalue weighted by molar-refractivity contribution is -0.143. The van der Waals surface area contributed by atoms with E-state index in [1.165, 1.54) is 37.4 Å². The molecule has 0 amide bonds. The first-order chi connectivity index (χ1) is 19.2. The quantitative estimate of drug-likeness (QED) is 0.260. The van der Waals surface area contributed by atoms with Crippen molar-refractivity contribution in [3.05, 3.63) is 83.1 Å². The van der Waals surface area contributed by atoms with Crippen LogP contribution in [0.2, 0.25) is 5.02 Å². The zero-order valence-corrected chi connectivity index (χ0v) is 22.2. The van der Waals surface area contributed by atoms with Gasteiger partial charge in [-0.2, -0.15) is 18.3 Å². The molecule has 2 aliphatic rings. The molecule has 2 aromatic heterocycles. The molecule has 2 fully saturated rings. The average molecular weight is 567 g/mol. The summed E-state index contributed by atoms with van der Waals surface area (Å²) >= 11 is 6.33. The summed E-state index contributed by atoms with van der Waals surface area (Å²) in [5.41, 5.74) is 1.57. The van der Waals surface area contributed by atoms with Crippen molar-refractivity contribution in [3.63, 3.8) is 0 Å². The Hall–Kier alpha value is -3.85. The third-order valence-corrected chi connectivity index (χ3v) is 8.08. The summed E-state index contributed by atoms with van der Waals surface area (Å²) in [7, 11) is 0. The van der Waals surface area contributed by atoms with Crippen LogP contribution in [-0.2, 0) is 6.18 Å². The molecule has 1 N–H and O–H groups in total. The summed E-state index contributed by atoms with van der Waals surface area (Å²) in [5, 5.41) is 13.4. The Kier molecular flexibility index (Phi) is 6.78. The number of anilines is 1. The van der Waals surface area contributed by atoms with Crippen LogP contribution in [0.25, 0.3) is 28.2 Å². The molecule has 0 bridgehead atoms. The molecule has 0 unspecified atom stereocenters. The topological polar surface area (TPSA) is 71.2 Å². The zero-order chi connectivity index (χ0) is 28.0. The molecule has 1 saturated carbocycles. The van der Waals surface area contributed by atoms with Crippen LogP contribution in [-0.4, -0.2) is 38.9 Å². The molecular weight excluding hydrogens is 541 g/mol. The van der Waals surface area contributed by atoms with Crippen molar-refractivity contribution in [2.75, 3.05) is 18.0 Å². The van der Waals surface area contributed by atoms with E-state index in [0.717, 1.165) is 36.1 Å². The summed E-state index contributed by atoms with van der Waals surface area (Å²) in [4.78, 5) is 18.3. The van der Waals surface area contributed by atoms with Gasteiger partial charge in [0.25, 0.3) is 0 Å². The van der Waals surface area contributed by atoms with Crippen molar-refractivity contribution < 1.29 is 23.1 Å². The number of carboxylic acid groups (broad SMARTS) is 1. The molecular formula is C30H26ClF3N4O2. The van der Waals surface area contributed by atoms with Crippen molar-refractivity contribution in [3.8, 4) is 28.2 Å². The maximum atomic E-state index is 13.8. The van der Waals surface area contributed by atoms with E-state index in [1.807, 2.05) is 18.2 Å². The fraction of sp³-hybridized carbons (Fsp3) is 0.300. The molecule has 3 heterocycles. The number of aromatic nitrogens is 3. The van der Waals surface area contributed by atoms with Crippen LogP contribution in [0.15, 0.2) is 66.9 Å². The number of carboxylic acids is 1. The molecule has 1 saturated heterocycles. The molecule has 1 aliphatic carbocycles. The number of piperidine rings is 1. The molecule has 0 atom stereocenters. The minimum Gasteiger partial charge on any atom is -0.478 e. The number of aromatic carboxylic acids is 1. The van der Waals surface area contributed by atoms with Crippen LogP contribution < -0.4 is 4.90 Å². The Morgan fingerprint density at radius 2 is 1.62 bits per heavy atom. The van der Waals surface area contributed by atoms with Gasteiger partial charge in [0.05, 0.1) is 11.9 Å². The van der Waals surface area contributed by atoms with Gasteiger partial charge in [0.15, 0.2) is 11.5 Å². The predicted octanol–water partition coefficient (Wildman–Crippen LogP) is 7.60. The van der Waals surface area contributed by atoms with Crippen LogP contribution in [0.3, 0.4) is 0 Å². The van der Waals surface area contributed by atoms with Crippen LogP contribution in [0.4, 0.5) is 18.9 Å². The summed E-state index contributed by atoms with van der Waals surface area (Å²) < 4.78 is 41.9. The number of benzene rings is 2. The van der Waals surface area contributed by atoms with E-state index >= 15 is 0 Å². The molecule has 0 radical (unpaired) electrons. The molecule has 4 aromatic rings. The number of carbonyl (C=O) groups is 1. The minimum atomic E-state index is -4.95. The Balaban J connectivity index is 1.32. The fourth-order valence-corrected chi connectivity index (χ4v) is 5.84. The van der Waals surface area contributed by atoms with Gasteiger partial charge in [-0.05, 0) is 85.0 Å². The van der Waals surface area contributed by atoms with Gasteiger partial charge in [-0.15, -0.1) is 0 Å². The van der Waals surface area contributed by atoms with E-state index in [0.29, 0.717) is 27.2 Å². The van der Waals surface area contributed by atoms with E-state index in [2.05, 4.69) is 27.1 Å². The van der Waals surface area contributed by atoms with Gasteiger partial charge >= 0.3 is 12.1 Å². The van der Waals surface area contributed by atoms with Crippen LogP contribution in [0.1, 0.15) is 41.7 Å². The third kappa shape index (κ3) is 5.18. The number of hydrogen-bond donors (Lipinski definition) is 1. The maximum absolute atomic E-state index is 13.8. The van der Waals surface area contributed by atoms with E-state index in [1.54, 1.807) is 24.3 Å². The van der Waals surface area contributed by atoms with Gasteiger partial charge in [0, 0.05) is 29.4 Å². The van der Waals surface area contributed by atoms with E-state index < -0.39 is 23.4 Å². The van der Waals surface area contributed by atoms with Gasteiger partial charge in [0.2, 0.25) is 0 Å². The molecule has 40 heavy (non-hydrogen) atoms. The number of nitrogens with zero attached hydrogens (tertiary/aromatic N) is 4. The first-order valence-corrected chi connectivity index (χ1v) is 13.6. The second-order valence-corrected chi connectivity index (χ2v) is 10.8. The Bertz CT molecular complexity index is 1560. The molecule has 6 rings (SSSR count). The smallest absolute Gasteiger partial charge is 0.434 e. The zero-order valence-electron chi connectivity index (χ0n) is 21.4. The maximum Gasteiger partial charge on any atom is 0.434 e. The summed E-state index contributed by atoms with van der Waals surface area (Å²) in [6.45, 7) is 2.11. The van der Waals surface area contributed by atoms with Gasteiger partial charge in [0.1, 0.15) is 5.56 Å². The van der Waals surface area contributed by atoms with Crippen molar-refractivity contribution in [1.29, 1.82) is 0 Å². The van der Waals surface area contributed by atoms with Crippen molar-refractivity contribution in [2.24, 2.45) is 11.8 Å². The molecule has 1 aliphatic heterocycles. The highest BCUT2D eigenvalue weighted by Crippen LogP contribution is 2.42. The number of pyridine rings is 1. The number of rotatable bonds is 6. The second kappa shape index (κ2) is 10.3. The number of halogens is 4. The molecule has 0 spiro atoms. The third-order valence-electron chi connectivity index (χ3n) is 7.85. The molecule has 206 valence electrons. The molecule has 6 nitrogen and oxygen atoms in total. The van der Waals surface area contributed by atoms with E-state index in [-0.39, 0.29) is 5.82 Å². The van der Waals surface area contributed by atoms with Crippen molar-refractivity contribution >= 4 is 23.3 Å². The second-order valence-electron chi connectivity index (χ2n) is 10.4. The highest BCUT2D eigenvalue weighted by atomic mass is 35.5. The monoisotopic (exact) mass is 566 g/mol. The van der Waals surface area contributed by atoms with Crippen molar-refractivity contribution in [1.82, 2.24) is 14.8 Å². The van der Waals surface area contributed by atoms with Gasteiger partial charge in [-0.3, -0.25) is 0 Å². The van der Waals surface area contributed by atoms with Crippen LogP contribution >= 0.6 is 11.6 Å². The Morgan fingerprint density at radius 1 is 0.925 bits per heavy atom. The lowest BCUT2D eigenvalue weighted by atomic mass is 9.91. The van der Waals surface area contributed by atoms with E-state index in [4.69, 9.17) is 11.6 Å². The van der Waals surface area contributed by atoms with Crippen LogP contribution in [0.5, 0.6) is 0 Å². The van der Waals surface area contributed by atoms with E-state index in [9.17, 15) is 23.1 Å². The Morgan fingerprint density at radius 3 is 2.27 bits per heavy atom. The van der Waals surface area contributed by atoms with Gasteiger partial charge in [-0.25, -0.2) is 14.5 Å². The van der Waals surface area contributed by atoms with Crippen molar-refractivity contribution in [2.45, 2.75) is 31.9 Å². The summed E-state index contributed by atoms with van der Waals surface area (Å²) in [6, 6.07) is 18.2. The lowest BCUT2D eigenvalue weighted by Gasteiger charge is -2.33. The largest absolute Gasteiger partial charge is 0.478 e. The fourth-order valence-electron chi connectivity index (χ4n) is 5.67. The first-order valence-electron chi connectivity index (χ1n) is 13.2. The van der Waals surface area contributed by atoms with Gasteiger partial charge in [-0.1, -0.05) is 35.9 Å². The molecule has 10 heteroatoms. The highest BCUT2D eigenvalue weighted by molar-refractivity contribution is 6.31. The van der Waals surface area contributed by atoms with Gasteiger partial charge < -0.3 is 10.0 Å². The summed E-state index contributed by atoms with van der Waals surface area (Å²) in [5.74, 6) is -0.0802. The summed E-state index contributed by atoms with van der Waals surface area (Å²) in [6.07, 6.45) is 0.967. The minimum absolute atomic E-state index is 0.159. The highest BCUT2D eigenvalue weighted by Gasteiger charge is 2.41. The lowest BCUT2D eigenvalue weighted by Crippen LogP contribution is -2.34. The van der Waals surface area contributed by atoms with Crippen LogP contribution in [0, 0.1) is 11.8 Å². The standard InChI is InChI=1S/C30H26ClF3N4O2/c31-21-8-11-23(20-6-9-22(10-7-20)37-14-12-19(13-15-37)18-4-5-18)24(16-21)26-2-1-3-27(36-26)38-28(30(32,33)34)25(17-35-38)29(39)40/h1-3,6-11,16-19H,4-5,12-15H2,(H,39,40). The number of alkyl halides is 3.